The Morgan fingerprint density at radius 1 is 0.875 bits per heavy atom. The largest absolute Gasteiger partial charge is 0.207 e. The topological polar surface area (TPSA) is 0 Å². The van der Waals surface area contributed by atoms with Crippen LogP contribution in [0.4, 0.5) is 4.39 Å². The van der Waals surface area contributed by atoms with E-state index in [1.807, 2.05) is 0 Å². The molecule has 2 aromatic carbocycles. The Balaban J connectivity index is 2.30. The van der Waals surface area contributed by atoms with E-state index in [1.165, 1.54) is 12.1 Å². The first-order valence-electron chi connectivity index (χ1n) is 4.84. The van der Waals surface area contributed by atoms with Crippen LogP contribution in [0, 0.1) is 5.82 Å². The molecule has 0 aliphatic carbocycles. The van der Waals surface area contributed by atoms with Crippen LogP contribution in [0.15, 0.2) is 42.5 Å². The highest BCUT2D eigenvalue weighted by atomic mass is 35.5. The van der Waals surface area contributed by atoms with E-state index < -0.39 is 0 Å². The predicted octanol–water partition coefficient (Wildman–Crippen LogP) is 4.72. The molecule has 0 fully saturated rings. The zero-order valence-corrected chi connectivity index (χ0v) is 9.89. The fourth-order valence-electron chi connectivity index (χ4n) is 1.51. The summed E-state index contributed by atoms with van der Waals surface area (Å²) in [6, 6.07) is 11.7. The molecule has 0 bridgehead atoms. The lowest BCUT2D eigenvalue weighted by atomic mass is 10.1. The molecule has 2 aromatic rings. The number of benzene rings is 2. The van der Waals surface area contributed by atoms with Gasteiger partial charge in [-0.1, -0.05) is 41.4 Å². The third-order valence-electron chi connectivity index (χ3n) is 2.36. The molecule has 0 N–H and O–H groups in total. The summed E-state index contributed by atoms with van der Waals surface area (Å²) >= 11 is 12.1. The summed E-state index contributed by atoms with van der Waals surface area (Å²) in [5.74, 6) is -0.242. The van der Waals surface area contributed by atoms with Crippen LogP contribution in [-0.4, -0.2) is 0 Å². The lowest BCUT2D eigenvalue weighted by Gasteiger charge is -2.06. The van der Waals surface area contributed by atoms with Crippen LogP contribution in [-0.2, 0) is 6.42 Å². The molecule has 2 rings (SSSR count). The van der Waals surface area contributed by atoms with Crippen molar-refractivity contribution in [1.29, 1.82) is 0 Å². The van der Waals surface area contributed by atoms with Crippen molar-refractivity contribution in [2.24, 2.45) is 0 Å². The first-order valence-corrected chi connectivity index (χ1v) is 5.60. The van der Waals surface area contributed by atoms with Crippen molar-refractivity contribution in [1.82, 2.24) is 0 Å². The number of hydrogen-bond donors (Lipinski definition) is 0. The fourth-order valence-corrected chi connectivity index (χ4v) is 2.04. The maximum Gasteiger partial charge on any atom is 0.123 e. The van der Waals surface area contributed by atoms with Gasteiger partial charge in [-0.15, -0.1) is 0 Å². The van der Waals surface area contributed by atoms with Gasteiger partial charge in [0.25, 0.3) is 0 Å². The van der Waals surface area contributed by atoms with Gasteiger partial charge in [0.1, 0.15) is 5.82 Å². The van der Waals surface area contributed by atoms with E-state index in [1.54, 1.807) is 30.3 Å². The molecule has 16 heavy (non-hydrogen) atoms. The second kappa shape index (κ2) is 4.86. The van der Waals surface area contributed by atoms with Crippen LogP contribution in [0.3, 0.4) is 0 Å². The highest BCUT2D eigenvalue weighted by molar-refractivity contribution is 6.36. The smallest absolute Gasteiger partial charge is 0.123 e. The highest BCUT2D eigenvalue weighted by Crippen LogP contribution is 2.26. The summed E-state index contributed by atoms with van der Waals surface area (Å²) < 4.78 is 12.7. The van der Waals surface area contributed by atoms with E-state index >= 15 is 0 Å². The molecule has 0 aliphatic rings. The maximum atomic E-state index is 12.7. The zero-order chi connectivity index (χ0) is 11.5. The Hall–Kier alpha value is -1.05. The molecule has 3 heteroatoms. The van der Waals surface area contributed by atoms with Gasteiger partial charge in [0.05, 0.1) is 0 Å². The summed E-state index contributed by atoms with van der Waals surface area (Å²) in [6.07, 6.45) is 0.610. The Labute approximate surface area is 104 Å². The second-order valence-corrected chi connectivity index (χ2v) is 4.32. The van der Waals surface area contributed by atoms with Gasteiger partial charge in [0, 0.05) is 16.5 Å². The van der Waals surface area contributed by atoms with Crippen LogP contribution < -0.4 is 0 Å². The van der Waals surface area contributed by atoms with E-state index in [4.69, 9.17) is 23.2 Å². The second-order valence-electron chi connectivity index (χ2n) is 3.50. The van der Waals surface area contributed by atoms with Crippen LogP contribution in [0.1, 0.15) is 11.1 Å². The molecule has 0 aliphatic heterocycles. The van der Waals surface area contributed by atoms with Crippen molar-refractivity contribution >= 4 is 23.2 Å². The van der Waals surface area contributed by atoms with E-state index in [0.29, 0.717) is 16.5 Å². The van der Waals surface area contributed by atoms with E-state index in [9.17, 15) is 4.39 Å². The Morgan fingerprint density at radius 3 is 2.00 bits per heavy atom. The molecule has 0 saturated heterocycles. The van der Waals surface area contributed by atoms with Crippen molar-refractivity contribution < 1.29 is 4.39 Å². The molecule has 0 spiro atoms. The van der Waals surface area contributed by atoms with Crippen LogP contribution in [0.25, 0.3) is 0 Å². The molecule has 0 atom stereocenters. The average Bonchev–Trinajstić information content (AvgIpc) is 2.26. The standard InChI is InChI=1S/C13H9Cl2F/c14-12-2-1-3-13(15)11(12)8-9-4-6-10(16)7-5-9/h1-7H,8H2. The minimum Gasteiger partial charge on any atom is -0.207 e. The molecule has 82 valence electrons. The molecule has 0 nitrogen and oxygen atoms in total. The third kappa shape index (κ3) is 2.55. The van der Waals surface area contributed by atoms with Gasteiger partial charge in [-0.2, -0.15) is 0 Å². The first kappa shape index (κ1) is 11.4. The SMILES string of the molecule is Fc1ccc(Cc2c(Cl)cccc2Cl)cc1. The molecule has 0 aromatic heterocycles. The minimum atomic E-state index is -0.242. The van der Waals surface area contributed by atoms with Crippen LogP contribution in [0.5, 0.6) is 0 Å². The quantitative estimate of drug-likeness (QED) is 0.728. The van der Waals surface area contributed by atoms with Gasteiger partial charge in [0.15, 0.2) is 0 Å². The highest BCUT2D eigenvalue weighted by Gasteiger charge is 2.06. The third-order valence-corrected chi connectivity index (χ3v) is 3.06. The van der Waals surface area contributed by atoms with Gasteiger partial charge in [-0.3, -0.25) is 0 Å². The summed E-state index contributed by atoms with van der Waals surface area (Å²) in [7, 11) is 0. The number of halogens is 3. The monoisotopic (exact) mass is 254 g/mol. The lowest BCUT2D eigenvalue weighted by molar-refractivity contribution is 0.627. The van der Waals surface area contributed by atoms with Crippen LogP contribution in [0.2, 0.25) is 10.0 Å². The molecular weight excluding hydrogens is 246 g/mol. The molecule has 0 saturated carbocycles. The molecule has 0 amide bonds. The molecular formula is C13H9Cl2F. The normalized spacial score (nSPS) is 10.4. The van der Waals surface area contributed by atoms with Gasteiger partial charge in [-0.05, 0) is 35.4 Å². The Kier molecular flexibility index (Phi) is 3.47. The van der Waals surface area contributed by atoms with E-state index in [2.05, 4.69) is 0 Å². The lowest BCUT2D eigenvalue weighted by Crippen LogP contribution is -1.91. The molecule has 0 unspecified atom stereocenters. The minimum absolute atomic E-state index is 0.242. The number of hydrogen-bond acceptors (Lipinski definition) is 0. The van der Waals surface area contributed by atoms with E-state index in [-0.39, 0.29) is 5.82 Å². The van der Waals surface area contributed by atoms with Gasteiger partial charge < -0.3 is 0 Å². The zero-order valence-electron chi connectivity index (χ0n) is 8.38. The average molecular weight is 255 g/mol. The molecule has 0 heterocycles. The van der Waals surface area contributed by atoms with Crippen molar-refractivity contribution in [2.45, 2.75) is 6.42 Å². The van der Waals surface area contributed by atoms with Crippen molar-refractivity contribution in [2.75, 3.05) is 0 Å². The van der Waals surface area contributed by atoms with E-state index in [0.717, 1.165) is 11.1 Å². The van der Waals surface area contributed by atoms with Gasteiger partial charge in [-0.25, -0.2) is 4.39 Å². The number of rotatable bonds is 2. The van der Waals surface area contributed by atoms with Crippen molar-refractivity contribution in [3.63, 3.8) is 0 Å². The van der Waals surface area contributed by atoms with Crippen molar-refractivity contribution in [3.8, 4) is 0 Å². The maximum absolute atomic E-state index is 12.7. The summed E-state index contributed by atoms with van der Waals surface area (Å²) in [4.78, 5) is 0. The van der Waals surface area contributed by atoms with Crippen LogP contribution >= 0.6 is 23.2 Å². The summed E-state index contributed by atoms with van der Waals surface area (Å²) in [5, 5.41) is 1.27. The predicted molar refractivity (Wildman–Crippen MR) is 65.7 cm³/mol. The van der Waals surface area contributed by atoms with Crippen molar-refractivity contribution in [3.05, 3.63) is 69.5 Å². The molecule has 0 radical (unpaired) electrons. The Morgan fingerprint density at radius 2 is 1.44 bits per heavy atom. The fraction of sp³-hybridized carbons (Fsp3) is 0.0769. The van der Waals surface area contributed by atoms with Gasteiger partial charge in [0.2, 0.25) is 0 Å². The van der Waals surface area contributed by atoms with Gasteiger partial charge >= 0.3 is 0 Å². The summed E-state index contributed by atoms with van der Waals surface area (Å²) in [5.41, 5.74) is 1.86. The Bertz CT molecular complexity index is 472. The summed E-state index contributed by atoms with van der Waals surface area (Å²) in [6.45, 7) is 0. The first-order chi connectivity index (χ1) is 7.66.